The van der Waals surface area contributed by atoms with Crippen LogP contribution in [0.3, 0.4) is 0 Å². The second-order valence-electron chi connectivity index (χ2n) is 2.93. The maximum Gasteiger partial charge on any atom is 0.219 e. The molecule has 2 N–H and O–H groups in total. The molecule has 0 fully saturated rings. The number of halogens is 1. The molecule has 0 unspecified atom stereocenters. The van der Waals surface area contributed by atoms with Crippen molar-refractivity contribution < 1.29 is 9.90 Å². The number of hydrogen-bond acceptors (Lipinski definition) is 2. The van der Waals surface area contributed by atoms with Crippen LogP contribution in [0.25, 0.3) is 0 Å². The highest BCUT2D eigenvalue weighted by molar-refractivity contribution is 9.09. The predicted molar refractivity (Wildman–Crippen MR) is 57.0 cm³/mol. The molecule has 0 spiro atoms. The average molecular weight is 252 g/mol. The van der Waals surface area contributed by atoms with E-state index in [-0.39, 0.29) is 12.5 Å². The molecule has 0 rings (SSSR count). The summed E-state index contributed by atoms with van der Waals surface area (Å²) in [5, 5.41) is 12.3. The molecule has 1 amide bonds. The van der Waals surface area contributed by atoms with Crippen LogP contribution in [-0.2, 0) is 4.79 Å². The van der Waals surface area contributed by atoms with Gasteiger partial charge in [0.1, 0.15) is 0 Å². The average Bonchev–Trinajstić information content (AvgIpc) is 2.13. The van der Waals surface area contributed by atoms with Crippen LogP contribution in [0.5, 0.6) is 0 Å². The minimum absolute atomic E-state index is 0.124. The molecule has 0 aromatic heterocycles. The minimum Gasteiger partial charge on any atom is -0.396 e. The zero-order valence-corrected chi connectivity index (χ0v) is 9.48. The van der Waals surface area contributed by atoms with Crippen LogP contribution < -0.4 is 5.32 Å². The standard InChI is InChI=1S/C9H18BrNO2/c10-6-2-1-5-9(13)11-7-3-4-8-12/h12H,1-8H2,(H,11,13). The highest BCUT2D eigenvalue weighted by atomic mass is 79.9. The van der Waals surface area contributed by atoms with Gasteiger partial charge >= 0.3 is 0 Å². The number of carbonyl (C=O) groups excluding carboxylic acids is 1. The van der Waals surface area contributed by atoms with Gasteiger partial charge in [0.2, 0.25) is 5.91 Å². The fourth-order valence-corrected chi connectivity index (χ4v) is 1.33. The normalized spacial score (nSPS) is 10.0. The Bertz CT molecular complexity index is 131. The number of nitrogens with one attached hydrogen (secondary N) is 1. The Labute approximate surface area is 88.0 Å². The molecule has 0 aliphatic heterocycles. The van der Waals surface area contributed by atoms with Crippen molar-refractivity contribution in [3.05, 3.63) is 0 Å². The van der Waals surface area contributed by atoms with Gasteiger partial charge in [-0.3, -0.25) is 4.79 Å². The number of amides is 1. The molecule has 0 aliphatic carbocycles. The number of unbranched alkanes of at least 4 members (excludes halogenated alkanes) is 2. The fraction of sp³-hybridized carbons (Fsp3) is 0.889. The summed E-state index contributed by atoms with van der Waals surface area (Å²) >= 11 is 3.31. The summed E-state index contributed by atoms with van der Waals surface area (Å²) in [7, 11) is 0. The highest BCUT2D eigenvalue weighted by Crippen LogP contribution is 1.98. The van der Waals surface area contributed by atoms with Crippen molar-refractivity contribution in [1.29, 1.82) is 0 Å². The first kappa shape index (κ1) is 12.9. The van der Waals surface area contributed by atoms with Crippen molar-refractivity contribution in [3.63, 3.8) is 0 Å². The number of hydrogen-bond donors (Lipinski definition) is 2. The van der Waals surface area contributed by atoms with Crippen LogP contribution in [-0.4, -0.2) is 29.5 Å². The maximum atomic E-state index is 11.1. The van der Waals surface area contributed by atoms with Crippen LogP contribution >= 0.6 is 15.9 Å². The van der Waals surface area contributed by atoms with Crippen molar-refractivity contribution in [3.8, 4) is 0 Å². The molecule has 0 aliphatic rings. The highest BCUT2D eigenvalue weighted by Gasteiger charge is 1.98. The Balaban J connectivity index is 3.11. The summed E-state index contributed by atoms with van der Waals surface area (Å²) in [6.07, 6.45) is 4.23. The fourth-order valence-electron chi connectivity index (χ4n) is 0.933. The van der Waals surface area contributed by atoms with Gasteiger partial charge in [-0.25, -0.2) is 0 Å². The van der Waals surface area contributed by atoms with Gasteiger partial charge in [-0.2, -0.15) is 0 Å². The Morgan fingerprint density at radius 2 is 2.00 bits per heavy atom. The molecule has 4 heteroatoms. The largest absolute Gasteiger partial charge is 0.396 e. The lowest BCUT2D eigenvalue weighted by atomic mass is 10.2. The molecule has 0 atom stereocenters. The number of carbonyl (C=O) groups is 1. The number of alkyl halides is 1. The maximum absolute atomic E-state index is 11.1. The Hall–Kier alpha value is -0.0900. The van der Waals surface area contributed by atoms with Gasteiger partial charge in [0.25, 0.3) is 0 Å². The van der Waals surface area contributed by atoms with Gasteiger partial charge in [0.15, 0.2) is 0 Å². The Morgan fingerprint density at radius 1 is 1.23 bits per heavy atom. The minimum atomic E-state index is 0.124. The van der Waals surface area contributed by atoms with E-state index >= 15 is 0 Å². The van der Waals surface area contributed by atoms with Gasteiger partial charge < -0.3 is 10.4 Å². The van der Waals surface area contributed by atoms with Gasteiger partial charge in [-0.05, 0) is 25.7 Å². The second-order valence-corrected chi connectivity index (χ2v) is 3.72. The van der Waals surface area contributed by atoms with E-state index < -0.39 is 0 Å². The molecular formula is C9H18BrNO2. The van der Waals surface area contributed by atoms with E-state index in [1.165, 1.54) is 0 Å². The van der Waals surface area contributed by atoms with Gasteiger partial charge in [-0.1, -0.05) is 15.9 Å². The first-order valence-corrected chi connectivity index (χ1v) is 5.87. The van der Waals surface area contributed by atoms with Crippen molar-refractivity contribution in [1.82, 2.24) is 5.32 Å². The molecule has 0 saturated heterocycles. The Morgan fingerprint density at radius 3 is 2.62 bits per heavy atom. The van der Waals surface area contributed by atoms with E-state index in [2.05, 4.69) is 21.2 Å². The summed E-state index contributed by atoms with van der Waals surface area (Å²) in [4.78, 5) is 11.1. The zero-order chi connectivity index (χ0) is 9.94. The van der Waals surface area contributed by atoms with E-state index in [1.54, 1.807) is 0 Å². The van der Waals surface area contributed by atoms with Crippen LogP contribution in [0.15, 0.2) is 0 Å². The number of rotatable bonds is 8. The van der Waals surface area contributed by atoms with Gasteiger partial charge in [0.05, 0.1) is 0 Å². The molecule has 0 saturated carbocycles. The third-order valence-corrected chi connectivity index (χ3v) is 2.26. The summed E-state index contributed by atoms with van der Waals surface area (Å²) in [5.41, 5.74) is 0. The Kier molecular flexibility index (Phi) is 9.92. The molecular weight excluding hydrogens is 234 g/mol. The molecule has 0 bridgehead atoms. The predicted octanol–water partition coefficient (Wildman–Crippen LogP) is 1.44. The SMILES string of the molecule is O=C(CCCCBr)NCCCCO. The lowest BCUT2D eigenvalue weighted by molar-refractivity contribution is -0.121. The van der Waals surface area contributed by atoms with Crippen LogP contribution in [0.2, 0.25) is 0 Å². The quantitative estimate of drug-likeness (QED) is 0.507. The second kappa shape index (κ2) is 9.99. The first-order chi connectivity index (χ1) is 6.31. The summed E-state index contributed by atoms with van der Waals surface area (Å²) in [5.74, 6) is 0.124. The third kappa shape index (κ3) is 9.83. The molecule has 13 heavy (non-hydrogen) atoms. The third-order valence-electron chi connectivity index (χ3n) is 1.69. The van der Waals surface area contributed by atoms with Crippen LogP contribution in [0, 0.1) is 0 Å². The monoisotopic (exact) mass is 251 g/mol. The topological polar surface area (TPSA) is 49.3 Å². The summed E-state index contributed by atoms with van der Waals surface area (Å²) in [6.45, 7) is 0.896. The van der Waals surface area contributed by atoms with E-state index in [0.29, 0.717) is 13.0 Å². The van der Waals surface area contributed by atoms with Gasteiger partial charge in [0, 0.05) is 24.9 Å². The van der Waals surface area contributed by atoms with E-state index in [1.807, 2.05) is 0 Å². The molecule has 0 radical (unpaired) electrons. The van der Waals surface area contributed by atoms with Crippen LogP contribution in [0.1, 0.15) is 32.1 Å². The first-order valence-electron chi connectivity index (χ1n) is 4.74. The van der Waals surface area contributed by atoms with Crippen LogP contribution in [0.4, 0.5) is 0 Å². The molecule has 0 heterocycles. The van der Waals surface area contributed by atoms with Crippen molar-refractivity contribution in [2.75, 3.05) is 18.5 Å². The smallest absolute Gasteiger partial charge is 0.219 e. The lowest BCUT2D eigenvalue weighted by Gasteiger charge is -2.03. The number of aliphatic hydroxyl groups excluding tert-OH is 1. The molecule has 0 aromatic carbocycles. The molecule has 78 valence electrons. The summed E-state index contributed by atoms with van der Waals surface area (Å²) in [6, 6.07) is 0. The number of aliphatic hydroxyl groups is 1. The van der Waals surface area contributed by atoms with Crippen molar-refractivity contribution >= 4 is 21.8 Å². The van der Waals surface area contributed by atoms with Crippen molar-refractivity contribution in [2.45, 2.75) is 32.1 Å². The van der Waals surface area contributed by atoms with E-state index in [0.717, 1.165) is 31.0 Å². The van der Waals surface area contributed by atoms with E-state index in [4.69, 9.17) is 5.11 Å². The van der Waals surface area contributed by atoms with E-state index in [9.17, 15) is 4.79 Å². The van der Waals surface area contributed by atoms with Gasteiger partial charge in [-0.15, -0.1) is 0 Å². The summed E-state index contributed by atoms with van der Waals surface area (Å²) < 4.78 is 0. The zero-order valence-electron chi connectivity index (χ0n) is 7.89. The molecule has 3 nitrogen and oxygen atoms in total. The van der Waals surface area contributed by atoms with Crippen molar-refractivity contribution in [2.24, 2.45) is 0 Å². The lowest BCUT2D eigenvalue weighted by Crippen LogP contribution is -2.24. The molecule has 0 aromatic rings.